The van der Waals surface area contributed by atoms with Crippen LogP contribution >= 0.6 is 0 Å². The summed E-state index contributed by atoms with van der Waals surface area (Å²) in [6.45, 7) is 7.63. The van der Waals surface area contributed by atoms with Gasteiger partial charge in [0.15, 0.2) is 0 Å². The average molecular weight is 291 g/mol. The number of rotatable bonds is 7. The van der Waals surface area contributed by atoms with Crippen molar-refractivity contribution in [2.45, 2.75) is 46.5 Å². The van der Waals surface area contributed by atoms with Gasteiger partial charge in [-0.15, -0.1) is 0 Å². The molecule has 0 aliphatic carbocycles. The molecule has 1 aromatic rings. The largest absolute Gasteiger partial charge is 0.481 e. The predicted octanol–water partition coefficient (Wildman–Crippen LogP) is 2.97. The molecule has 0 aromatic heterocycles. The van der Waals surface area contributed by atoms with E-state index in [-0.39, 0.29) is 12.5 Å². The van der Waals surface area contributed by atoms with Gasteiger partial charge in [-0.25, -0.2) is 0 Å². The molecule has 2 N–H and O–H groups in total. The van der Waals surface area contributed by atoms with E-state index in [1.165, 1.54) is 5.56 Å². The highest BCUT2D eigenvalue weighted by molar-refractivity contribution is 5.78. The van der Waals surface area contributed by atoms with E-state index >= 15 is 0 Å². The first-order valence-corrected chi connectivity index (χ1v) is 7.31. The van der Waals surface area contributed by atoms with Crippen LogP contribution in [0.4, 0.5) is 0 Å². The quantitative estimate of drug-likeness (QED) is 0.811. The van der Waals surface area contributed by atoms with E-state index in [4.69, 9.17) is 5.11 Å². The lowest BCUT2D eigenvalue weighted by molar-refractivity contribution is -0.146. The molecule has 0 aliphatic heterocycles. The van der Waals surface area contributed by atoms with Gasteiger partial charge in [-0.3, -0.25) is 9.59 Å². The van der Waals surface area contributed by atoms with Gasteiger partial charge < -0.3 is 10.4 Å². The first-order valence-electron chi connectivity index (χ1n) is 7.31. The van der Waals surface area contributed by atoms with E-state index in [1.807, 2.05) is 12.1 Å². The van der Waals surface area contributed by atoms with E-state index in [1.54, 1.807) is 13.8 Å². The summed E-state index contributed by atoms with van der Waals surface area (Å²) in [6, 6.07) is 8.27. The first kappa shape index (κ1) is 17.2. The number of amides is 1. The van der Waals surface area contributed by atoms with Gasteiger partial charge in [-0.05, 0) is 37.3 Å². The summed E-state index contributed by atoms with van der Waals surface area (Å²) >= 11 is 0. The number of carbonyl (C=O) groups excluding carboxylic acids is 1. The SMILES string of the molecule is CC(C)c1ccc(CCC(=O)NCC(C)(C)C(=O)O)cc1. The van der Waals surface area contributed by atoms with E-state index in [0.717, 1.165) is 5.56 Å². The molecule has 116 valence electrons. The molecule has 0 unspecified atom stereocenters. The molecule has 0 heterocycles. The zero-order valence-electron chi connectivity index (χ0n) is 13.3. The minimum absolute atomic E-state index is 0.114. The Balaban J connectivity index is 2.41. The summed E-state index contributed by atoms with van der Waals surface area (Å²) in [7, 11) is 0. The Kier molecular flexibility index (Phi) is 5.94. The van der Waals surface area contributed by atoms with Crippen molar-refractivity contribution >= 4 is 11.9 Å². The molecule has 1 amide bonds. The van der Waals surface area contributed by atoms with Crippen LogP contribution in [0, 0.1) is 5.41 Å². The zero-order valence-corrected chi connectivity index (χ0v) is 13.3. The van der Waals surface area contributed by atoms with Crippen LogP contribution in [0.5, 0.6) is 0 Å². The van der Waals surface area contributed by atoms with Crippen molar-refractivity contribution in [1.29, 1.82) is 0 Å². The Morgan fingerprint density at radius 1 is 1.19 bits per heavy atom. The van der Waals surface area contributed by atoms with Crippen molar-refractivity contribution in [3.05, 3.63) is 35.4 Å². The molecule has 1 rings (SSSR count). The Morgan fingerprint density at radius 3 is 2.24 bits per heavy atom. The minimum Gasteiger partial charge on any atom is -0.481 e. The normalized spacial score (nSPS) is 11.5. The second kappa shape index (κ2) is 7.25. The van der Waals surface area contributed by atoms with Crippen LogP contribution in [0.2, 0.25) is 0 Å². The number of nitrogens with one attached hydrogen (secondary N) is 1. The topological polar surface area (TPSA) is 66.4 Å². The van der Waals surface area contributed by atoms with Crippen molar-refractivity contribution < 1.29 is 14.7 Å². The van der Waals surface area contributed by atoms with Gasteiger partial charge in [-0.2, -0.15) is 0 Å². The van der Waals surface area contributed by atoms with Gasteiger partial charge in [0.2, 0.25) is 5.91 Å². The molecule has 0 saturated heterocycles. The maximum atomic E-state index is 11.8. The molecular formula is C17H25NO3. The van der Waals surface area contributed by atoms with Crippen molar-refractivity contribution in [3.63, 3.8) is 0 Å². The molecular weight excluding hydrogens is 266 g/mol. The van der Waals surface area contributed by atoms with Crippen LogP contribution in [0.1, 0.15) is 51.2 Å². The molecule has 4 heteroatoms. The minimum atomic E-state index is -0.936. The number of carbonyl (C=O) groups is 2. The molecule has 0 radical (unpaired) electrons. The summed E-state index contributed by atoms with van der Waals surface area (Å²) < 4.78 is 0. The van der Waals surface area contributed by atoms with Crippen LogP contribution < -0.4 is 5.32 Å². The van der Waals surface area contributed by atoms with Gasteiger partial charge in [-0.1, -0.05) is 38.1 Å². The standard InChI is InChI=1S/C17H25NO3/c1-12(2)14-8-5-13(6-9-14)7-10-15(19)18-11-17(3,4)16(20)21/h5-6,8-9,12H,7,10-11H2,1-4H3,(H,18,19)(H,20,21). The van der Waals surface area contributed by atoms with Crippen LogP contribution in [-0.2, 0) is 16.0 Å². The van der Waals surface area contributed by atoms with Crippen LogP contribution in [0.15, 0.2) is 24.3 Å². The van der Waals surface area contributed by atoms with Gasteiger partial charge >= 0.3 is 5.97 Å². The highest BCUT2D eigenvalue weighted by Crippen LogP contribution is 2.16. The number of benzene rings is 1. The van der Waals surface area contributed by atoms with Gasteiger partial charge in [0.1, 0.15) is 0 Å². The fourth-order valence-corrected chi connectivity index (χ4v) is 1.81. The van der Waals surface area contributed by atoms with Crippen LogP contribution in [0.3, 0.4) is 0 Å². The lowest BCUT2D eigenvalue weighted by Gasteiger charge is -2.19. The number of carboxylic acids is 1. The van der Waals surface area contributed by atoms with Gasteiger partial charge in [0.25, 0.3) is 0 Å². The second-order valence-corrected chi connectivity index (χ2v) is 6.36. The van der Waals surface area contributed by atoms with E-state index in [9.17, 15) is 9.59 Å². The van der Waals surface area contributed by atoms with Crippen molar-refractivity contribution in [2.24, 2.45) is 5.41 Å². The molecule has 0 atom stereocenters. The molecule has 4 nitrogen and oxygen atoms in total. The third kappa shape index (κ3) is 5.58. The Bertz CT molecular complexity index is 489. The summed E-state index contributed by atoms with van der Waals surface area (Å²) in [5.74, 6) is -0.523. The third-order valence-corrected chi connectivity index (χ3v) is 3.59. The summed E-state index contributed by atoms with van der Waals surface area (Å²) in [6.07, 6.45) is 1.04. The molecule has 0 fully saturated rings. The van der Waals surface area contributed by atoms with Gasteiger partial charge in [0.05, 0.1) is 5.41 Å². The second-order valence-electron chi connectivity index (χ2n) is 6.36. The Hall–Kier alpha value is -1.84. The maximum Gasteiger partial charge on any atom is 0.310 e. The average Bonchev–Trinajstić information content (AvgIpc) is 2.43. The summed E-state index contributed by atoms with van der Waals surface area (Å²) in [4.78, 5) is 22.7. The summed E-state index contributed by atoms with van der Waals surface area (Å²) in [5.41, 5.74) is 1.47. The number of hydrogen-bond acceptors (Lipinski definition) is 2. The summed E-state index contributed by atoms with van der Waals surface area (Å²) in [5, 5.41) is 11.7. The first-order chi connectivity index (χ1) is 9.72. The predicted molar refractivity (Wildman–Crippen MR) is 83.3 cm³/mol. The smallest absolute Gasteiger partial charge is 0.310 e. The number of carboxylic acid groups (broad SMARTS) is 1. The molecule has 0 spiro atoms. The van der Waals surface area contributed by atoms with E-state index < -0.39 is 11.4 Å². The fourth-order valence-electron chi connectivity index (χ4n) is 1.81. The lowest BCUT2D eigenvalue weighted by atomic mass is 9.94. The fraction of sp³-hybridized carbons (Fsp3) is 0.529. The third-order valence-electron chi connectivity index (χ3n) is 3.59. The molecule has 0 aliphatic rings. The zero-order chi connectivity index (χ0) is 16.0. The lowest BCUT2D eigenvalue weighted by Crippen LogP contribution is -2.38. The molecule has 21 heavy (non-hydrogen) atoms. The Morgan fingerprint density at radius 2 is 1.76 bits per heavy atom. The number of hydrogen-bond donors (Lipinski definition) is 2. The molecule has 1 aromatic carbocycles. The maximum absolute atomic E-state index is 11.8. The Labute approximate surface area is 126 Å². The van der Waals surface area contributed by atoms with Crippen molar-refractivity contribution in [3.8, 4) is 0 Å². The van der Waals surface area contributed by atoms with Crippen LogP contribution in [-0.4, -0.2) is 23.5 Å². The number of aliphatic carboxylic acids is 1. The van der Waals surface area contributed by atoms with Gasteiger partial charge in [0, 0.05) is 13.0 Å². The number of aryl methyl sites for hydroxylation is 1. The van der Waals surface area contributed by atoms with Crippen molar-refractivity contribution in [2.75, 3.05) is 6.54 Å². The highest BCUT2D eigenvalue weighted by atomic mass is 16.4. The molecule has 0 saturated carbocycles. The van der Waals surface area contributed by atoms with E-state index in [0.29, 0.717) is 18.8 Å². The molecule has 0 bridgehead atoms. The van der Waals surface area contributed by atoms with Crippen LogP contribution in [0.25, 0.3) is 0 Å². The van der Waals surface area contributed by atoms with Crippen molar-refractivity contribution in [1.82, 2.24) is 5.32 Å². The highest BCUT2D eigenvalue weighted by Gasteiger charge is 2.27. The van der Waals surface area contributed by atoms with E-state index in [2.05, 4.69) is 31.3 Å². The monoisotopic (exact) mass is 291 g/mol.